The van der Waals surface area contributed by atoms with Gasteiger partial charge in [-0.25, -0.2) is 0 Å². The van der Waals surface area contributed by atoms with Gasteiger partial charge in [-0.1, -0.05) is 0 Å². The quantitative estimate of drug-likeness (QED) is 0.616. The number of β-amino-alcohol motifs (C(OH)–C–C–N with tert-alkyl or cyclic N) is 1. The molecule has 1 rings (SSSR count). The Bertz CT molecular complexity index is 469. The molecule has 0 spiro atoms. The molecule has 0 aromatic heterocycles. The maximum absolute atomic E-state index is 10.7. The lowest BCUT2D eigenvalue weighted by molar-refractivity contribution is -0.385. The van der Waals surface area contributed by atoms with E-state index in [-0.39, 0.29) is 17.8 Å². The molecule has 0 aliphatic heterocycles. The van der Waals surface area contributed by atoms with E-state index in [2.05, 4.69) is 5.32 Å². The fraction of sp³-hybridized carbons (Fsp3) is 0.571. The predicted octanol–water partition coefficient (Wildman–Crippen LogP) is 2.03. The minimum atomic E-state index is -0.635. The number of nitrogens with zero attached hydrogens (tertiary/aromatic N) is 1. The van der Waals surface area contributed by atoms with Crippen LogP contribution in [0.3, 0.4) is 0 Å². The predicted molar refractivity (Wildman–Crippen MR) is 77.1 cm³/mol. The third-order valence-electron chi connectivity index (χ3n) is 2.68. The number of benzene rings is 1. The number of aliphatic hydroxyl groups is 1. The smallest absolute Gasteiger partial charge is 0.272 e. The van der Waals surface area contributed by atoms with Gasteiger partial charge in [-0.2, -0.15) is 0 Å². The van der Waals surface area contributed by atoms with Gasteiger partial charge in [-0.3, -0.25) is 10.1 Å². The first-order valence-electron chi connectivity index (χ1n) is 6.50. The Hall–Kier alpha value is -1.66. The second-order valence-electron chi connectivity index (χ2n) is 5.80. The molecule has 0 heterocycles. The first kappa shape index (κ1) is 16.4. The van der Waals surface area contributed by atoms with E-state index in [0.29, 0.717) is 17.9 Å². The van der Waals surface area contributed by atoms with Gasteiger partial charge in [0.15, 0.2) is 0 Å². The lowest BCUT2D eigenvalue weighted by Crippen LogP contribution is -2.42. The molecule has 2 N–H and O–H groups in total. The number of hydrogen-bond acceptors (Lipinski definition) is 5. The number of aryl methyl sites for hydroxylation is 1. The van der Waals surface area contributed by atoms with E-state index in [4.69, 9.17) is 4.74 Å². The van der Waals surface area contributed by atoms with Gasteiger partial charge in [0, 0.05) is 23.7 Å². The number of nitro groups is 1. The average molecular weight is 282 g/mol. The van der Waals surface area contributed by atoms with Gasteiger partial charge in [0.1, 0.15) is 18.5 Å². The van der Waals surface area contributed by atoms with Crippen molar-refractivity contribution in [2.24, 2.45) is 0 Å². The van der Waals surface area contributed by atoms with Crippen LogP contribution in [-0.4, -0.2) is 34.8 Å². The number of ether oxygens (including phenoxy) is 1. The molecule has 1 aromatic rings. The Morgan fingerprint density at radius 2 is 2.10 bits per heavy atom. The maximum Gasteiger partial charge on any atom is 0.272 e. The zero-order valence-electron chi connectivity index (χ0n) is 12.3. The third-order valence-corrected chi connectivity index (χ3v) is 2.68. The molecule has 0 bridgehead atoms. The van der Waals surface area contributed by atoms with E-state index in [1.165, 1.54) is 12.1 Å². The summed E-state index contributed by atoms with van der Waals surface area (Å²) in [5.41, 5.74) is 0.535. The second-order valence-corrected chi connectivity index (χ2v) is 5.80. The lowest BCUT2D eigenvalue weighted by atomic mass is 10.1. The lowest BCUT2D eigenvalue weighted by Gasteiger charge is -2.23. The Morgan fingerprint density at radius 1 is 1.45 bits per heavy atom. The fourth-order valence-corrected chi connectivity index (χ4v) is 1.60. The SMILES string of the molecule is Cc1cc(OC[C@H](O)CNC(C)(C)C)ccc1[N+](=O)[O-]. The van der Waals surface area contributed by atoms with Crippen molar-refractivity contribution < 1.29 is 14.8 Å². The van der Waals surface area contributed by atoms with Crippen molar-refractivity contribution in [1.82, 2.24) is 5.32 Å². The monoisotopic (exact) mass is 282 g/mol. The number of hydrogen-bond donors (Lipinski definition) is 2. The van der Waals surface area contributed by atoms with E-state index >= 15 is 0 Å². The Labute approximate surface area is 118 Å². The number of nitrogens with one attached hydrogen (secondary N) is 1. The molecule has 0 aliphatic carbocycles. The summed E-state index contributed by atoms with van der Waals surface area (Å²) in [6.45, 7) is 8.26. The van der Waals surface area contributed by atoms with Gasteiger partial charge in [-0.05, 0) is 39.8 Å². The van der Waals surface area contributed by atoms with Crippen LogP contribution in [0.4, 0.5) is 5.69 Å². The fourth-order valence-electron chi connectivity index (χ4n) is 1.60. The first-order chi connectivity index (χ1) is 9.19. The molecule has 0 saturated heterocycles. The van der Waals surface area contributed by atoms with Crippen LogP contribution in [0.5, 0.6) is 5.75 Å². The molecule has 0 aliphatic rings. The third kappa shape index (κ3) is 5.54. The van der Waals surface area contributed by atoms with E-state index in [9.17, 15) is 15.2 Å². The van der Waals surface area contributed by atoms with E-state index < -0.39 is 11.0 Å². The standard InChI is InChI=1S/C14H22N2O4/c1-10-7-12(5-6-13(10)16(18)19)20-9-11(17)8-15-14(2,3)4/h5-7,11,15,17H,8-9H2,1-4H3/t11-/m1/s1. The molecule has 0 unspecified atom stereocenters. The molecular formula is C14H22N2O4. The van der Waals surface area contributed by atoms with Crippen LogP contribution in [0.15, 0.2) is 18.2 Å². The van der Waals surface area contributed by atoms with Crippen molar-refractivity contribution in [3.05, 3.63) is 33.9 Å². The summed E-state index contributed by atoms with van der Waals surface area (Å²) in [6, 6.07) is 4.54. The highest BCUT2D eigenvalue weighted by Gasteiger charge is 2.14. The van der Waals surface area contributed by atoms with Crippen LogP contribution in [0.2, 0.25) is 0 Å². The Morgan fingerprint density at radius 3 is 2.60 bits per heavy atom. The zero-order chi connectivity index (χ0) is 15.3. The summed E-state index contributed by atoms with van der Waals surface area (Å²) in [5, 5.41) is 23.7. The van der Waals surface area contributed by atoms with Gasteiger partial charge < -0.3 is 15.2 Å². The average Bonchev–Trinajstić information content (AvgIpc) is 2.32. The van der Waals surface area contributed by atoms with Gasteiger partial charge in [0.2, 0.25) is 0 Å². The molecule has 112 valence electrons. The summed E-state index contributed by atoms with van der Waals surface area (Å²) in [7, 11) is 0. The maximum atomic E-state index is 10.7. The summed E-state index contributed by atoms with van der Waals surface area (Å²) in [5.74, 6) is 0.517. The summed E-state index contributed by atoms with van der Waals surface area (Å²) in [4.78, 5) is 10.3. The minimum absolute atomic E-state index is 0.0623. The van der Waals surface area contributed by atoms with Crippen LogP contribution in [0, 0.1) is 17.0 Å². The topological polar surface area (TPSA) is 84.6 Å². The van der Waals surface area contributed by atoms with E-state index in [1.807, 2.05) is 20.8 Å². The zero-order valence-corrected chi connectivity index (χ0v) is 12.3. The largest absolute Gasteiger partial charge is 0.491 e. The molecule has 20 heavy (non-hydrogen) atoms. The minimum Gasteiger partial charge on any atom is -0.491 e. The van der Waals surface area contributed by atoms with Crippen LogP contribution in [0.25, 0.3) is 0 Å². The van der Waals surface area contributed by atoms with Crippen molar-refractivity contribution in [1.29, 1.82) is 0 Å². The van der Waals surface area contributed by atoms with Gasteiger partial charge in [0.25, 0.3) is 5.69 Å². The number of nitro benzene ring substituents is 1. The molecule has 6 heteroatoms. The molecule has 0 radical (unpaired) electrons. The van der Waals surface area contributed by atoms with Gasteiger partial charge >= 0.3 is 0 Å². The highest BCUT2D eigenvalue weighted by molar-refractivity contribution is 5.44. The molecular weight excluding hydrogens is 260 g/mol. The number of rotatable bonds is 6. The van der Waals surface area contributed by atoms with Crippen LogP contribution in [0.1, 0.15) is 26.3 Å². The Kier molecular flexibility index (Phi) is 5.47. The van der Waals surface area contributed by atoms with Crippen molar-refractivity contribution >= 4 is 5.69 Å². The van der Waals surface area contributed by atoms with Crippen molar-refractivity contribution in [3.8, 4) is 5.75 Å². The normalized spacial score (nSPS) is 13.1. The molecule has 1 atom stereocenters. The van der Waals surface area contributed by atoms with Crippen molar-refractivity contribution in [2.75, 3.05) is 13.2 Å². The number of aliphatic hydroxyl groups excluding tert-OH is 1. The highest BCUT2D eigenvalue weighted by Crippen LogP contribution is 2.23. The first-order valence-corrected chi connectivity index (χ1v) is 6.50. The van der Waals surface area contributed by atoms with Gasteiger partial charge in [0.05, 0.1) is 4.92 Å². The van der Waals surface area contributed by atoms with Crippen LogP contribution < -0.4 is 10.1 Å². The molecule has 0 fully saturated rings. The second kappa shape index (κ2) is 6.67. The summed E-state index contributed by atoms with van der Waals surface area (Å²) < 4.78 is 5.44. The van der Waals surface area contributed by atoms with Crippen LogP contribution in [-0.2, 0) is 0 Å². The van der Waals surface area contributed by atoms with Crippen molar-refractivity contribution in [3.63, 3.8) is 0 Å². The summed E-state index contributed by atoms with van der Waals surface area (Å²) in [6.07, 6.45) is -0.635. The molecule has 0 saturated carbocycles. The Balaban J connectivity index is 2.50. The van der Waals surface area contributed by atoms with Gasteiger partial charge in [-0.15, -0.1) is 0 Å². The molecule has 6 nitrogen and oxygen atoms in total. The van der Waals surface area contributed by atoms with E-state index in [0.717, 1.165) is 0 Å². The molecule has 1 aromatic carbocycles. The highest BCUT2D eigenvalue weighted by atomic mass is 16.6. The van der Waals surface area contributed by atoms with Crippen molar-refractivity contribution in [2.45, 2.75) is 39.3 Å². The summed E-state index contributed by atoms with van der Waals surface area (Å²) >= 11 is 0. The molecule has 0 amide bonds. The van der Waals surface area contributed by atoms with E-state index in [1.54, 1.807) is 13.0 Å². The van der Waals surface area contributed by atoms with Crippen LogP contribution >= 0.6 is 0 Å².